The maximum atomic E-state index is 12.0. The van der Waals surface area contributed by atoms with E-state index in [1.165, 1.54) is 0 Å². The van der Waals surface area contributed by atoms with E-state index in [-0.39, 0.29) is 12.3 Å². The van der Waals surface area contributed by atoms with E-state index in [4.69, 9.17) is 17.3 Å². The molecule has 0 spiro atoms. The summed E-state index contributed by atoms with van der Waals surface area (Å²) in [5, 5.41) is 0.619. The third-order valence-electron chi connectivity index (χ3n) is 2.81. The van der Waals surface area contributed by atoms with Crippen molar-refractivity contribution < 1.29 is 8.42 Å². The van der Waals surface area contributed by atoms with E-state index in [0.29, 0.717) is 16.3 Å². The van der Waals surface area contributed by atoms with E-state index in [1.54, 1.807) is 48.5 Å². The average Bonchev–Trinajstić information content (AvgIpc) is 2.41. The van der Waals surface area contributed by atoms with Crippen molar-refractivity contribution in [2.24, 2.45) is 0 Å². The zero-order valence-electron chi connectivity index (χ0n) is 10.7. The number of rotatable bonds is 5. The van der Waals surface area contributed by atoms with E-state index >= 15 is 0 Å². The van der Waals surface area contributed by atoms with Gasteiger partial charge in [0.1, 0.15) is 0 Å². The van der Waals surface area contributed by atoms with E-state index < -0.39 is 10.0 Å². The zero-order valence-corrected chi connectivity index (χ0v) is 12.3. The monoisotopic (exact) mass is 310 g/mol. The van der Waals surface area contributed by atoms with Gasteiger partial charge in [-0.15, -0.1) is 0 Å². The second-order valence-electron chi connectivity index (χ2n) is 4.41. The lowest BCUT2D eigenvalue weighted by atomic mass is 10.2. The van der Waals surface area contributed by atoms with Gasteiger partial charge in [0.2, 0.25) is 10.0 Å². The summed E-state index contributed by atoms with van der Waals surface area (Å²) in [6.45, 7) is 0.228. The number of halogens is 1. The molecule has 0 radical (unpaired) electrons. The van der Waals surface area contributed by atoms with Crippen LogP contribution in [0.5, 0.6) is 0 Å². The molecule has 0 saturated carbocycles. The highest BCUT2D eigenvalue weighted by molar-refractivity contribution is 7.88. The Morgan fingerprint density at radius 1 is 1.05 bits per heavy atom. The maximum absolute atomic E-state index is 12.0. The van der Waals surface area contributed by atoms with Crippen molar-refractivity contribution in [1.29, 1.82) is 0 Å². The SMILES string of the molecule is Nc1ccccc1CS(=O)(=O)NCc1ccc(Cl)cc1. The molecule has 0 heterocycles. The van der Waals surface area contributed by atoms with E-state index in [1.807, 2.05) is 0 Å². The summed E-state index contributed by atoms with van der Waals surface area (Å²) in [4.78, 5) is 0. The smallest absolute Gasteiger partial charge is 0.216 e. The number of nitrogens with one attached hydrogen (secondary N) is 1. The molecular weight excluding hydrogens is 296 g/mol. The molecule has 20 heavy (non-hydrogen) atoms. The topological polar surface area (TPSA) is 72.2 Å². The highest BCUT2D eigenvalue weighted by atomic mass is 35.5. The van der Waals surface area contributed by atoms with Crippen molar-refractivity contribution in [3.05, 3.63) is 64.7 Å². The molecule has 0 saturated heterocycles. The van der Waals surface area contributed by atoms with E-state index in [0.717, 1.165) is 5.56 Å². The lowest BCUT2D eigenvalue weighted by Gasteiger charge is -2.08. The Morgan fingerprint density at radius 2 is 1.70 bits per heavy atom. The molecule has 0 unspecified atom stereocenters. The molecule has 106 valence electrons. The molecule has 3 N–H and O–H groups in total. The van der Waals surface area contributed by atoms with Crippen LogP contribution in [0.25, 0.3) is 0 Å². The molecule has 2 rings (SSSR count). The van der Waals surface area contributed by atoms with Crippen LogP contribution in [0.2, 0.25) is 5.02 Å². The molecule has 4 nitrogen and oxygen atoms in total. The van der Waals surface area contributed by atoms with Crippen LogP contribution in [0.15, 0.2) is 48.5 Å². The van der Waals surface area contributed by atoms with E-state index in [9.17, 15) is 8.42 Å². The van der Waals surface area contributed by atoms with E-state index in [2.05, 4.69) is 4.72 Å². The fourth-order valence-corrected chi connectivity index (χ4v) is 3.00. The summed E-state index contributed by atoms with van der Waals surface area (Å²) in [5.74, 6) is -0.132. The number of benzene rings is 2. The first-order chi connectivity index (χ1) is 9.46. The Bertz CT molecular complexity index is 685. The molecular formula is C14H15ClN2O2S. The van der Waals surface area contributed by atoms with Crippen LogP contribution in [0, 0.1) is 0 Å². The normalized spacial score (nSPS) is 11.4. The van der Waals surface area contributed by atoms with Crippen molar-refractivity contribution >= 4 is 27.3 Å². The third-order valence-corrected chi connectivity index (χ3v) is 4.34. The first kappa shape index (κ1) is 14.8. The molecule has 0 atom stereocenters. The first-order valence-electron chi connectivity index (χ1n) is 6.01. The average molecular weight is 311 g/mol. The summed E-state index contributed by atoms with van der Waals surface area (Å²) >= 11 is 5.77. The third kappa shape index (κ3) is 4.23. The summed E-state index contributed by atoms with van der Waals surface area (Å²) < 4.78 is 26.5. The van der Waals surface area contributed by atoms with Crippen molar-refractivity contribution in [1.82, 2.24) is 4.72 Å². The highest BCUT2D eigenvalue weighted by Gasteiger charge is 2.12. The lowest BCUT2D eigenvalue weighted by molar-refractivity contribution is 0.580. The van der Waals surface area contributed by atoms with Crippen molar-refractivity contribution in [3.63, 3.8) is 0 Å². The number of sulfonamides is 1. The molecule has 0 aliphatic rings. The molecule has 0 bridgehead atoms. The Balaban J connectivity index is 2.01. The Kier molecular flexibility index (Phi) is 4.65. The van der Waals surface area contributed by atoms with Gasteiger partial charge in [-0.25, -0.2) is 13.1 Å². The maximum Gasteiger partial charge on any atom is 0.216 e. The van der Waals surface area contributed by atoms with Gasteiger partial charge in [0.15, 0.2) is 0 Å². The number of nitrogens with two attached hydrogens (primary N) is 1. The Morgan fingerprint density at radius 3 is 2.35 bits per heavy atom. The van der Waals surface area contributed by atoms with Crippen LogP contribution in [-0.4, -0.2) is 8.42 Å². The van der Waals surface area contributed by atoms with Gasteiger partial charge in [0.25, 0.3) is 0 Å². The van der Waals surface area contributed by atoms with Gasteiger partial charge in [-0.3, -0.25) is 0 Å². The van der Waals surface area contributed by atoms with Gasteiger partial charge in [-0.2, -0.15) is 0 Å². The summed E-state index contributed by atoms with van der Waals surface area (Å²) in [7, 11) is -3.43. The Hall–Kier alpha value is -1.56. The molecule has 0 fully saturated rings. The minimum absolute atomic E-state index is 0.132. The zero-order chi connectivity index (χ0) is 14.6. The molecule has 0 aromatic heterocycles. The molecule has 6 heteroatoms. The quantitative estimate of drug-likeness (QED) is 0.834. The van der Waals surface area contributed by atoms with Crippen LogP contribution in [-0.2, 0) is 22.3 Å². The van der Waals surface area contributed by atoms with Crippen LogP contribution >= 0.6 is 11.6 Å². The molecule has 0 aliphatic heterocycles. The highest BCUT2D eigenvalue weighted by Crippen LogP contribution is 2.14. The summed E-state index contributed by atoms with van der Waals surface area (Å²) in [5.41, 5.74) is 7.66. The second kappa shape index (κ2) is 6.26. The molecule has 2 aromatic rings. The number of nitrogen functional groups attached to an aromatic ring is 1. The molecule has 0 aliphatic carbocycles. The van der Waals surface area contributed by atoms with Crippen LogP contribution in [0.4, 0.5) is 5.69 Å². The Labute approximate surface area is 123 Å². The molecule has 2 aromatic carbocycles. The second-order valence-corrected chi connectivity index (χ2v) is 6.65. The van der Waals surface area contributed by atoms with Gasteiger partial charge >= 0.3 is 0 Å². The minimum atomic E-state index is -3.43. The van der Waals surface area contributed by atoms with Gasteiger partial charge in [0, 0.05) is 17.3 Å². The summed E-state index contributed by atoms with van der Waals surface area (Å²) in [6.07, 6.45) is 0. The minimum Gasteiger partial charge on any atom is -0.398 e. The fraction of sp³-hybridized carbons (Fsp3) is 0.143. The van der Waals surface area contributed by atoms with Crippen molar-refractivity contribution in [2.45, 2.75) is 12.3 Å². The van der Waals surface area contributed by atoms with Gasteiger partial charge in [-0.05, 0) is 29.3 Å². The number of hydrogen-bond acceptors (Lipinski definition) is 3. The summed E-state index contributed by atoms with van der Waals surface area (Å²) in [6, 6.07) is 13.9. The fourth-order valence-electron chi connectivity index (χ4n) is 1.72. The predicted molar refractivity (Wildman–Crippen MR) is 81.8 cm³/mol. The van der Waals surface area contributed by atoms with Crippen LogP contribution < -0.4 is 10.5 Å². The number of para-hydroxylation sites is 1. The van der Waals surface area contributed by atoms with Gasteiger partial charge in [0.05, 0.1) is 5.75 Å². The standard InChI is InChI=1S/C14H15ClN2O2S/c15-13-7-5-11(6-8-13)9-17-20(18,19)10-12-3-1-2-4-14(12)16/h1-8,17H,9-10,16H2. The largest absolute Gasteiger partial charge is 0.398 e. The predicted octanol–water partition coefficient (Wildman–Crippen LogP) is 2.54. The van der Waals surface area contributed by atoms with Gasteiger partial charge in [-0.1, -0.05) is 41.9 Å². The first-order valence-corrected chi connectivity index (χ1v) is 8.04. The lowest BCUT2D eigenvalue weighted by Crippen LogP contribution is -2.25. The van der Waals surface area contributed by atoms with Crippen molar-refractivity contribution in [3.8, 4) is 0 Å². The van der Waals surface area contributed by atoms with Crippen LogP contribution in [0.3, 0.4) is 0 Å². The molecule has 0 amide bonds. The van der Waals surface area contributed by atoms with Crippen molar-refractivity contribution in [2.75, 3.05) is 5.73 Å². The number of anilines is 1. The number of hydrogen-bond donors (Lipinski definition) is 2. The van der Waals surface area contributed by atoms with Crippen LogP contribution in [0.1, 0.15) is 11.1 Å². The van der Waals surface area contributed by atoms with Gasteiger partial charge < -0.3 is 5.73 Å².